The third-order valence-corrected chi connectivity index (χ3v) is 16.1. The molecule has 78 heavy (non-hydrogen) atoms. The minimum absolute atomic E-state index is 0.234. The summed E-state index contributed by atoms with van der Waals surface area (Å²) in [5, 5.41) is 0. The molecule has 0 aromatic heterocycles. The number of benzene rings is 9. The van der Waals surface area contributed by atoms with E-state index in [2.05, 4.69) is 136 Å². The molecule has 3 unspecified atom stereocenters. The van der Waals surface area contributed by atoms with E-state index in [0.29, 0.717) is 23.1 Å². The molecule has 0 radical (unpaired) electrons. The number of hydrogen-bond acceptors (Lipinski definition) is 2. The van der Waals surface area contributed by atoms with Gasteiger partial charge in [-0.1, -0.05) is 216 Å². The summed E-state index contributed by atoms with van der Waals surface area (Å²) in [5.41, 5.74) is 13.4. The maximum Gasteiger partial charge on any atom is 0.131 e. The molecular formula is C73H73F3O2. The van der Waals surface area contributed by atoms with E-state index >= 15 is 13.2 Å². The SMILES string of the molecule is CCCCCCCc1ccc(-c2ccc(C(c3ccc(-c4ccc(CCC)cc4F)cc3)(C(Cc3ccc(-c4ccc(CC)cc4F)cc3)c3ccc(OC)cc3)C(c3ccc(C)cc3)c3ccc(OC)cc3)cc2)c(F)c1. The average molecular weight is 1040 g/mol. The summed E-state index contributed by atoms with van der Waals surface area (Å²) in [6, 6.07) is 67.9. The van der Waals surface area contributed by atoms with E-state index in [1.54, 1.807) is 32.4 Å². The Kier molecular flexibility index (Phi) is 18.2. The Morgan fingerprint density at radius 2 is 0.808 bits per heavy atom. The van der Waals surface area contributed by atoms with Gasteiger partial charge in [0.05, 0.1) is 14.2 Å². The first kappa shape index (κ1) is 55.1. The van der Waals surface area contributed by atoms with Gasteiger partial charge >= 0.3 is 0 Å². The van der Waals surface area contributed by atoms with Crippen molar-refractivity contribution in [3.8, 4) is 44.9 Å². The van der Waals surface area contributed by atoms with Crippen molar-refractivity contribution in [2.75, 3.05) is 14.2 Å². The molecule has 398 valence electrons. The second-order valence-corrected chi connectivity index (χ2v) is 21.1. The van der Waals surface area contributed by atoms with Crippen LogP contribution in [0.2, 0.25) is 0 Å². The summed E-state index contributed by atoms with van der Waals surface area (Å²) in [4.78, 5) is 0. The molecule has 0 aliphatic rings. The lowest BCUT2D eigenvalue weighted by atomic mass is 9.53. The standard InChI is InChI=1S/C73H73F3O2/c1-7-10-11-12-13-15-53-22-45-67(71(76)49-53)57-29-37-62(38-30-57)73(61-35-27-56(28-36-61)66-44-21-52(14-8-2)48-70(66)75,72(59-23-16-50(4)17-24-59)60-33-41-64(78-6)42-34-60)68(58-31-39-63(77-5)40-32-58)46-54-18-25-55(26-19-54)65-43-20-51(9-3)47-69(65)74/h16-45,47-49,68,72H,7-15,46H2,1-6H3. The zero-order valence-corrected chi connectivity index (χ0v) is 46.2. The van der Waals surface area contributed by atoms with Crippen molar-refractivity contribution < 1.29 is 22.6 Å². The van der Waals surface area contributed by atoms with Crippen LogP contribution in [0.5, 0.6) is 11.5 Å². The van der Waals surface area contributed by atoms with Crippen LogP contribution in [0, 0.1) is 24.4 Å². The zero-order valence-electron chi connectivity index (χ0n) is 46.2. The fourth-order valence-corrected chi connectivity index (χ4v) is 11.8. The molecular weight excluding hydrogens is 966 g/mol. The van der Waals surface area contributed by atoms with Crippen LogP contribution in [0.1, 0.15) is 127 Å². The van der Waals surface area contributed by atoms with Gasteiger partial charge < -0.3 is 9.47 Å². The van der Waals surface area contributed by atoms with Gasteiger partial charge in [-0.25, -0.2) is 13.2 Å². The van der Waals surface area contributed by atoms with E-state index in [-0.39, 0.29) is 29.3 Å². The number of unbranched alkanes of at least 4 members (excludes halogenated alkanes) is 4. The van der Waals surface area contributed by atoms with Crippen molar-refractivity contribution in [1.82, 2.24) is 0 Å². The van der Waals surface area contributed by atoms with Crippen LogP contribution in [0.4, 0.5) is 13.2 Å². The maximum absolute atomic E-state index is 16.5. The number of halogens is 3. The molecule has 9 rings (SSSR count). The summed E-state index contributed by atoms with van der Waals surface area (Å²) in [6.45, 7) is 8.46. The van der Waals surface area contributed by atoms with E-state index in [0.717, 1.165) is 122 Å². The molecule has 3 atom stereocenters. The summed E-state index contributed by atoms with van der Waals surface area (Å²) in [5.74, 6) is 0.0650. The van der Waals surface area contributed by atoms with Crippen LogP contribution < -0.4 is 9.47 Å². The van der Waals surface area contributed by atoms with E-state index in [9.17, 15) is 0 Å². The van der Waals surface area contributed by atoms with E-state index < -0.39 is 5.41 Å². The Labute approximate surface area is 462 Å². The molecule has 0 N–H and O–H groups in total. The van der Waals surface area contributed by atoms with E-state index in [4.69, 9.17) is 9.47 Å². The quantitative estimate of drug-likeness (QED) is 0.0595. The first-order valence-electron chi connectivity index (χ1n) is 28.1. The molecule has 9 aromatic carbocycles. The second-order valence-electron chi connectivity index (χ2n) is 21.1. The smallest absolute Gasteiger partial charge is 0.131 e. The largest absolute Gasteiger partial charge is 0.497 e. The first-order chi connectivity index (χ1) is 38.1. The van der Waals surface area contributed by atoms with Crippen LogP contribution in [-0.2, 0) is 31.1 Å². The van der Waals surface area contributed by atoms with Crippen LogP contribution in [0.15, 0.2) is 200 Å². The van der Waals surface area contributed by atoms with E-state index in [1.807, 2.05) is 73.7 Å². The molecule has 0 aliphatic heterocycles. The number of aryl methyl sites for hydroxylation is 4. The highest BCUT2D eigenvalue weighted by Gasteiger charge is 2.50. The van der Waals surface area contributed by atoms with Gasteiger partial charge in [-0.05, 0) is 148 Å². The van der Waals surface area contributed by atoms with Crippen molar-refractivity contribution >= 4 is 0 Å². The molecule has 0 amide bonds. The van der Waals surface area contributed by atoms with Crippen molar-refractivity contribution in [2.24, 2.45) is 0 Å². The van der Waals surface area contributed by atoms with Gasteiger partial charge in [0.1, 0.15) is 29.0 Å². The number of hydrogen-bond donors (Lipinski definition) is 0. The lowest BCUT2D eigenvalue weighted by Crippen LogP contribution is -2.43. The topological polar surface area (TPSA) is 18.5 Å². The minimum Gasteiger partial charge on any atom is -0.497 e. The Hall–Kier alpha value is -7.63. The molecule has 0 bridgehead atoms. The van der Waals surface area contributed by atoms with Gasteiger partial charge in [0, 0.05) is 33.9 Å². The lowest BCUT2D eigenvalue weighted by Gasteiger charge is -2.49. The molecule has 2 nitrogen and oxygen atoms in total. The third kappa shape index (κ3) is 12.2. The van der Waals surface area contributed by atoms with Crippen molar-refractivity contribution in [3.63, 3.8) is 0 Å². The molecule has 0 aliphatic carbocycles. The third-order valence-electron chi connectivity index (χ3n) is 16.1. The molecule has 9 aromatic rings. The van der Waals surface area contributed by atoms with Gasteiger partial charge in [0.2, 0.25) is 0 Å². The number of methoxy groups -OCH3 is 2. The highest BCUT2D eigenvalue weighted by Crippen LogP contribution is 2.58. The van der Waals surface area contributed by atoms with Crippen molar-refractivity contribution in [3.05, 3.63) is 273 Å². The maximum atomic E-state index is 16.5. The molecule has 5 heteroatoms. The summed E-state index contributed by atoms with van der Waals surface area (Å²) >= 11 is 0. The van der Waals surface area contributed by atoms with Crippen LogP contribution in [-0.4, -0.2) is 14.2 Å². The summed E-state index contributed by atoms with van der Waals surface area (Å²) in [7, 11) is 3.37. The Morgan fingerprint density at radius 3 is 1.26 bits per heavy atom. The normalized spacial score (nSPS) is 12.9. The Morgan fingerprint density at radius 1 is 0.397 bits per heavy atom. The summed E-state index contributed by atoms with van der Waals surface area (Å²) < 4.78 is 60.0. The van der Waals surface area contributed by atoms with Gasteiger partial charge in [-0.15, -0.1) is 0 Å². The van der Waals surface area contributed by atoms with Gasteiger partial charge in [-0.3, -0.25) is 0 Å². The molecule has 0 heterocycles. The molecule has 0 saturated carbocycles. The number of ether oxygens (including phenoxy) is 2. The predicted molar refractivity (Wildman–Crippen MR) is 318 cm³/mol. The molecule has 0 spiro atoms. The first-order valence-corrected chi connectivity index (χ1v) is 28.1. The summed E-state index contributed by atoms with van der Waals surface area (Å²) in [6.07, 6.45) is 9.67. The Bertz CT molecular complexity index is 3360. The monoisotopic (exact) mass is 1040 g/mol. The van der Waals surface area contributed by atoms with E-state index in [1.165, 1.54) is 19.3 Å². The second kappa shape index (κ2) is 25.7. The van der Waals surface area contributed by atoms with Crippen LogP contribution in [0.25, 0.3) is 33.4 Å². The van der Waals surface area contributed by atoms with Crippen molar-refractivity contribution in [1.29, 1.82) is 0 Å². The van der Waals surface area contributed by atoms with Gasteiger partial charge in [-0.2, -0.15) is 0 Å². The average Bonchev–Trinajstić information content (AvgIpc) is 3.52. The fraction of sp³-hybridized carbons (Fsp3) is 0.260. The number of rotatable bonds is 23. The zero-order chi connectivity index (χ0) is 54.6. The highest BCUT2D eigenvalue weighted by molar-refractivity contribution is 5.69. The fourth-order valence-electron chi connectivity index (χ4n) is 11.8. The van der Waals surface area contributed by atoms with Crippen molar-refractivity contribution in [2.45, 2.75) is 109 Å². The lowest BCUT2D eigenvalue weighted by molar-refractivity contribution is 0.360. The van der Waals surface area contributed by atoms with Gasteiger partial charge in [0.25, 0.3) is 0 Å². The molecule has 0 saturated heterocycles. The van der Waals surface area contributed by atoms with Crippen LogP contribution in [0.3, 0.4) is 0 Å². The minimum atomic E-state index is -0.958. The Balaban J connectivity index is 1.31. The molecule has 0 fully saturated rings. The predicted octanol–water partition coefficient (Wildman–Crippen LogP) is 19.6. The van der Waals surface area contributed by atoms with Crippen LogP contribution >= 0.6 is 0 Å². The highest BCUT2D eigenvalue weighted by atomic mass is 19.1. The van der Waals surface area contributed by atoms with Gasteiger partial charge in [0.15, 0.2) is 0 Å².